The molecule has 0 amide bonds. The summed E-state index contributed by atoms with van der Waals surface area (Å²) in [7, 11) is 0. The first-order chi connectivity index (χ1) is 9.81. The molecule has 0 spiro atoms. The van der Waals surface area contributed by atoms with Crippen molar-refractivity contribution in [1.82, 2.24) is 15.6 Å². The van der Waals surface area contributed by atoms with Crippen LogP contribution in [-0.4, -0.2) is 23.4 Å². The van der Waals surface area contributed by atoms with E-state index in [4.69, 9.17) is 4.99 Å². The summed E-state index contributed by atoms with van der Waals surface area (Å²) in [5.41, 5.74) is 5.36. The van der Waals surface area contributed by atoms with E-state index in [0.717, 1.165) is 29.9 Å². The molecule has 100 valence electrons. The highest BCUT2D eigenvalue weighted by Crippen LogP contribution is 2.33. The molecule has 0 saturated carbocycles. The van der Waals surface area contributed by atoms with Crippen LogP contribution < -0.4 is 10.6 Å². The lowest BCUT2D eigenvalue weighted by molar-refractivity contribution is 0.583. The standard InChI is InChI=1S/C15H13FN4/c16-14-4-1-9(7-18-14)12-3-2-10-11-8-17-6-5-13(11)20-15(10)19-12/h1-2,4-5,7-8,15,17,20H,3,6H2. The van der Waals surface area contributed by atoms with Crippen LogP contribution in [0.5, 0.6) is 0 Å². The van der Waals surface area contributed by atoms with Gasteiger partial charge in [-0.1, -0.05) is 6.08 Å². The Morgan fingerprint density at radius 3 is 3.05 bits per heavy atom. The zero-order chi connectivity index (χ0) is 13.5. The summed E-state index contributed by atoms with van der Waals surface area (Å²) in [6.07, 6.45) is 8.59. The molecule has 1 saturated heterocycles. The molecule has 20 heavy (non-hydrogen) atoms. The Morgan fingerprint density at radius 1 is 1.25 bits per heavy atom. The number of hydrogen-bond donors (Lipinski definition) is 2. The van der Waals surface area contributed by atoms with Crippen LogP contribution in [0.25, 0.3) is 0 Å². The molecule has 1 atom stereocenters. The minimum absolute atomic E-state index is 0.0406. The molecule has 5 heteroatoms. The number of halogens is 1. The molecular weight excluding hydrogens is 255 g/mol. The lowest BCUT2D eigenvalue weighted by Gasteiger charge is -2.16. The van der Waals surface area contributed by atoms with Crippen molar-refractivity contribution in [2.75, 3.05) is 6.54 Å². The Kier molecular flexibility index (Phi) is 2.45. The summed E-state index contributed by atoms with van der Waals surface area (Å²) < 4.78 is 12.9. The maximum atomic E-state index is 12.9. The molecule has 1 fully saturated rings. The van der Waals surface area contributed by atoms with Gasteiger partial charge in [-0.2, -0.15) is 4.39 Å². The number of rotatable bonds is 1. The number of nitrogens with zero attached hydrogens (tertiary/aromatic N) is 2. The number of dihydropyridines is 2. The Hall–Kier alpha value is -2.43. The molecule has 1 unspecified atom stereocenters. The van der Waals surface area contributed by atoms with Crippen LogP contribution in [-0.2, 0) is 0 Å². The van der Waals surface area contributed by atoms with E-state index in [9.17, 15) is 4.39 Å². The van der Waals surface area contributed by atoms with E-state index < -0.39 is 5.95 Å². The molecule has 0 radical (unpaired) electrons. The number of nitrogens with one attached hydrogen (secondary N) is 2. The van der Waals surface area contributed by atoms with Crippen LogP contribution in [0.4, 0.5) is 4.39 Å². The zero-order valence-electron chi connectivity index (χ0n) is 10.7. The fourth-order valence-corrected chi connectivity index (χ4v) is 2.74. The number of aliphatic imine (C=N–C) groups is 1. The third-order valence-corrected chi connectivity index (χ3v) is 3.72. The number of pyridine rings is 1. The van der Waals surface area contributed by atoms with Gasteiger partial charge >= 0.3 is 0 Å². The number of aromatic nitrogens is 1. The Morgan fingerprint density at radius 2 is 2.20 bits per heavy atom. The monoisotopic (exact) mass is 268 g/mol. The minimum atomic E-state index is -0.465. The SMILES string of the molecule is Fc1ccc(C2=NC3NC4=CCNC=C4C3=CC2)cn1. The largest absolute Gasteiger partial charge is 0.387 e. The van der Waals surface area contributed by atoms with Crippen molar-refractivity contribution in [2.24, 2.45) is 4.99 Å². The van der Waals surface area contributed by atoms with Crippen molar-refractivity contribution in [3.63, 3.8) is 0 Å². The van der Waals surface area contributed by atoms with E-state index in [1.807, 2.05) is 6.20 Å². The third-order valence-electron chi connectivity index (χ3n) is 3.72. The Labute approximate surface area is 115 Å². The quantitative estimate of drug-likeness (QED) is 0.761. The van der Waals surface area contributed by atoms with Crippen molar-refractivity contribution in [2.45, 2.75) is 12.6 Å². The van der Waals surface area contributed by atoms with Crippen LogP contribution >= 0.6 is 0 Å². The predicted molar refractivity (Wildman–Crippen MR) is 74.5 cm³/mol. The fourth-order valence-electron chi connectivity index (χ4n) is 2.74. The van der Waals surface area contributed by atoms with Crippen LogP contribution in [0, 0.1) is 5.95 Å². The summed E-state index contributed by atoms with van der Waals surface area (Å²) in [5, 5.41) is 6.63. The number of fused-ring (bicyclic) bond motifs is 3. The lowest BCUT2D eigenvalue weighted by atomic mass is 9.98. The predicted octanol–water partition coefficient (Wildman–Crippen LogP) is 1.64. The van der Waals surface area contributed by atoms with Gasteiger partial charge in [-0.05, 0) is 18.2 Å². The summed E-state index contributed by atoms with van der Waals surface area (Å²) >= 11 is 0. The third kappa shape index (κ3) is 1.74. The highest BCUT2D eigenvalue weighted by molar-refractivity contribution is 6.02. The molecular formula is C15H13FN4. The number of hydrogen-bond acceptors (Lipinski definition) is 4. The second-order valence-corrected chi connectivity index (χ2v) is 4.94. The lowest BCUT2D eigenvalue weighted by Crippen LogP contribution is -2.24. The topological polar surface area (TPSA) is 49.3 Å². The van der Waals surface area contributed by atoms with Crippen LogP contribution in [0.1, 0.15) is 12.0 Å². The van der Waals surface area contributed by atoms with Gasteiger partial charge in [-0.3, -0.25) is 4.99 Å². The van der Waals surface area contributed by atoms with Gasteiger partial charge in [0, 0.05) is 47.8 Å². The van der Waals surface area contributed by atoms with Crippen LogP contribution in [0.3, 0.4) is 0 Å². The summed E-state index contributed by atoms with van der Waals surface area (Å²) in [5.74, 6) is -0.465. The van der Waals surface area contributed by atoms with Crippen molar-refractivity contribution < 1.29 is 4.39 Å². The van der Waals surface area contributed by atoms with Gasteiger partial charge in [0.15, 0.2) is 0 Å². The number of allylic oxidation sites excluding steroid dienone is 2. The molecule has 0 aliphatic carbocycles. The maximum Gasteiger partial charge on any atom is 0.212 e. The molecule has 3 aliphatic rings. The van der Waals surface area contributed by atoms with Gasteiger partial charge < -0.3 is 10.6 Å². The van der Waals surface area contributed by atoms with Gasteiger partial charge in [-0.25, -0.2) is 4.98 Å². The molecule has 3 aliphatic heterocycles. The summed E-state index contributed by atoms with van der Waals surface area (Å²) in [4.78, 5) is 8.42. The van der Waals surface area contributed by atoms with Crippen LogP contribution in [0.2, 0.25) is 0 Å². The van der Waals surface area contributed by atoms with Gasteiger partial charge in [0.05, 0.1) is 5.71 Å². The average Bonchev–Trinajstić information content (AvgIpc) is 2.85. The Balaban J connectivity index is 1.67. The van der Waals surface area contributed by atoms with Gasteiger partial charge in [0.2, 0.25) is 5.95 Å². The second-order valence-electron chi connectivity index (χ2n) is 4.94. The molecule has 2 N–H and O–H groups in total. The zero-order valence-corrected chi connectivity index (χ0v) is 10.7. The smallest absolute Gasteiger partial charge is 0.212 e. The van der Waals surface area contributed by atoms with Crippen LogP contribution in [0.15, 0.2) is 58.5 Å². The van der Waals surface area contributed by atoms with Gasteiger partial charge in [0.25, 0.3) is 0 Å². The van der Waals surface area contributed by atoms with E-state index in [1.54, 1.807) is 6.07 Å². The molecule has 0 aromatic carbocycles. The molecule has 1 aromatic heterocycles. The molecule has 0 bridgehead atoms. The van der Waals surface area contributed by atoms with Crippen molar-refractivity contribution in [3.05, 3.63) is 65.0 Å². The van der Waals surface area contributed by atoms with Gasteiger partial charge in [-0.15, -0.1) is 0 Å². The first-order valence-electron chi connectivity index (χ1n) is 6.61. The minimum Gasteiger partial charge on any atom is -0.387 e. The second kappa shape index (κ2) is 4.30. The van der Waals surface area contributed by atoms with E-state index in [2.05, 4.69) is 27.8 Å². The molecule has 4 heterocycles. The first kappa shape index (κ1) is 11.4. The fraction of sp³-hybridized carbons (Fsp3) is 0.200. The van der Waals surface area contributed by atoms with Crippen molar-refractivity contribution in [3.8, 4) is 0 Å². The highest BCUT2D eigenvalue weighted by atomic mass is 19.1. The highest BCUT2D eigenvalue weighted by Gasteiger charge is 2.31. The van der Waals surface area contributed by atoms with Gasteiger partial charge in [0.1, 0.15) is 6.17 Å². The normalized spacial score (nSPS) is 23.4. The Bertz CT molecular complexity index is 682. The summed E-state index contributed by atoms with van der Waals surface area (Å²) in [6.45, 7) is 0.838. The first-order valence-corrected chi connectivity index (χ1v) is 6.61. The van der Waals surface area contributed by atoms with Crippen molar-refractivity contribution >= 4 is 5.71 Å². The van der Waals surface area contributed by atoms with E-state index >= 15 is 0 Å². The molecule has 4 nitrogen and oxygen atoms in total. The van der Waals surface area contributed by atoms with E-state index in [0.29, 0.717) is 0 Å². The molecule has 1 aromatic rings. The van der Waals surface area contributed by atoms with E-state index in [-0.39, 0.29) is 6.17 Å². The average molecular weight is 268 g/mol. The van der Waals surface area contributed by atoms with E-state index in [1.165, 1.54) is 23.4 Å². The summed E-state index contributed by atoms with van der Waals surface area (Å²) in [6, 6.07) is 3.09. The molecule has 4 rings (SSSR count). The van der Waals surface area contributed by atoms with Crippen molar-refractivity contribution in [1.29, 1.82) is 0 Å². The maximum absolute atomic E-state index is 12.9.